The van der Waals surface area contributed by atoms with Gasteiger partial charge in [-0.3, -0.25) is 5.32 Å². The van der Waals surface area contributed by atoms with Gasteiger partial charge in [0.1, 0.15) is 0 Å². The van der Waals surface area contributed by atoms with Crippen LogP contribution in [-0.4, -0.2) is 36.4 Å². The van der Waals surface area contributed by atoms with Gasteiger partial charge in [0.2, 0.25) is 0 Å². The molecule has 0 radical (unpaired) electrons. The van der Waals surface area contributed by atoms with Crippen LogP contribution in [0.4, 0.5) is 23.7 Å². The van der Waals surface area contributed by atoms with E-state index in [1.54, 1.807) is 0 Å². The lowest BCUT2D eigenvalue weighted by Gasteiger charge is -2.45. The van der Waals surface area contributed by atoms with Crippen LogP contribution < -0.4 is 10.6 Å². The summed E-state index contributed by atoms with van der Waals surface area (Å²) in [5.74, 6) is -2.76. The Labute approximate surface area is 123 Å². The number of benzene rings is 1. The molecule has 2 aliphatic heterocycles. The van der Waals surface area contributed by atoms with Crippen molar-refractivity contribution in [3.05, 3.63) is 29.3 Å². The van der Waals surface area contributed by atoms with Crippen LogP contribution in [0.3, 0.4) is 0 Å². The predicted molar refractivity (Wildman–Crippen MR) is 69.5 cm³/mol. The number of anilines is 1. The average Bonchev–Trinajstić information content (AvgIpc) is 2.36. The van der Waals surface area contributed by atoms with Gasteiger partial charge in [0, 0.05) is 18.7 Å². The predicted octanol–water partition coefficient (Wildman–Crippen LogP) is 1.99. The summed E-state index contributed by atoms with van der Waals surface area (Å²) < 4.78 is 37.1. The minimum Gasteiger partial charge on any atom is -0.475 e. The molecule has 1 aromatic rings. The van der Waals surface area contributed by atoms with Crippen LogP contribution in [0, 0.1) is 6.92 Å². The van der Waals surface area contributed by atoms with Crippen molar-refractivity contribution >= 4 is 17.7 Å². The topological polar surface area (TPSA) is 87.7 Å². The number of aryl methyl sites for hydroxylation is 1. The van der Waals surface area contributed by atoms with Crippen molar-refractivity contribution in [2.45, 2.75) is 18.7 Å². The van der Waals surface area contributed by atoms with E-state index >= 15 is 0 Å². The highest BCUT2D eigenvalue weighted by atomic mass is 19.4. The first kappa shape index (κ1) is 16.1. The van der Waals surface area contributed by atoms with E-state index in [9.17, 15) is 18.0 Å². The van der Waals surface area contributed by atoms with E-state index < -0.39 is 17.7 Å². The molecule has 9 heteroatoms. The molecule has 120 valence electrons. The molecule has 2 aliphatic rings. The highest BCUT2D eigenvalue weighted by molar-refractivity contribution is 5.89. The van der Waals surface area contributed by atoms with Crippen molar-refractivity contribution in [3.8, 4) is 0 Å². The molecule has 0 unspecified atom stereocenters. The second-order valence-corrected chi connectivity index (χ2v) is 4.96. The summed E-state index contributed by atoms with van der Waals surface area (Å²) in [5, 5.41) is 13.0. The number of carboxylic acids is 1. The lowest BCUT2D eigenvalue weighted by Crippen LogP contribution is -2.61. The molecule has 1 fully saturated rings. The van der Waals surface area contributed by atoms with E-state index in [0.29, 0.717) is 13.1 Å². The third-order valence-electron chi connectivity index (χ3n) is 3.25. The fraction of sp³-hybridized carbons (Fsp3) is 0.385. The van der Waals surface area contributed by atoms with Gasteiger partial charge in [0.05, 0.1) is 5.69 Å². The largest absolute Gasteiger partial charge is 0.490 e. The van der Waals surface area contributed by atoms with Crippen LogP contribution >= 0.6 is 0 Å². The molecule has 3 N–H and O–H groups in total. The summed E-state index contributed by atoms with van der Waals surface area (Å²) in [7, 11) is 0. The molecule has 0 bridgehead atoms. The Hall–Kier alpha value is -2.29. The monoisotopic (exact) mass is 318 g/mol. The first-order chi connectivity index (χ1) is 10.1. The van der Waals surface area contributed by atoms with Gasteiger partial charge in [0.15, 0.2) is 5.60 Å². The van der Waals surface area contributed by atoms with Gasteiger partial charge in [-0.1, -0.05) is 11.6 Å². The van der Waals surface area contributed by atoms with E-state index in [-0.39, 0.29) is 6.09 Å². The number of nitrogens with one attached hydrogen (secondary N) is 2. The molecule has 1 aromatic carbocycles. The summed E-state index contributed by atoms with van der Waals surface area (Å²) in [6.07, 6.45) is -5.44. The van der Waals surface area contributed by atoms with Crippen molar-refractivity contribution in [3.63, 3.8) is 0 Å². The van der Waals surface area contributed by atoms with Crippen molar-refractivity contribution in [1.82, 2.24) is 5.32 Å². The molecule has 1 saturated heterocycles. The van der Waals surface area contributed by atoms with Gasteiger partial charge < -0.3 is 15.2 Å². The quantitative estimate of drug-likeness (QED) is 0.681. The number of fused-ring (bicyclic) bond motifs is 2. The molecule has 6 nitrogen and oxygen atoms in total. The van der Waals surface area contributed by atoms with Gasteiger partial charge in [0.25, 0.3) is 0 Å². The zero-order valence-corrected chi connectivity index (χ0v) is 11.5. The number of hydrogen-bond acceptors (Lipinski definition) is 4. The second kappa shape index (κ2) is 5.48. The van der Waals surface area contributed by atoms with Crippen molar-refractivity contribution < 1.29 is 32.6 Å². The van der Waals surface area contributed by atoms with Gasteiger partial charge in [-0.25, -0.2) is 9.59 Å². The second-order valence-electron chi connectivity index (χ2n) is 4.96. The molecular formula is C13H13F3N2O4. The van der Waals surface area contributed by atoms with E-state index in [1.807, 2.05) is 19.1 Å². The number of carbonyl (C=O) groups is 2. The summed E-state index contributed by atoms with van der Waals surface area (Å²) in [4.78, 5) is 20.3. The molecule has 2 heterocycles. The van der Waals surface area contributed by atoms with Crippen LogP contribution in [0.5, 0.6) is 0 Å². The number of halogens is 3. The average molecular weight is 318 g/mol. The van der Waals surface area contributed by atoms with E-state index in [0.717, 1.165) is 11.3 Å². The summed E-state index contributed by atoms with van der Waals surface area (Å²) in [5.41, 5.74) is 2.71. The lowest BCUT2D eigenvalue weighted by molar-refractivity contribution is -0.192. The molecule has 22 heavy (non-hydrogen) atoms. The van der Waals surface area contributed by atoms with E-state index in [4.69, 9.17) is 14.6 Å². The SMILES string of the molecule is Cc1ccc2c(c1)C1(CNC1)OC(=O)N2.O=C(O)C(F)(F)F. The van der Waals surface area contributed by atoms with Crippen LogP contribution in [0.15, 0.2) is 18.2 Å². The van der Waals surface area contributed by atoms with Gasteiger partial charge in [-0.2, -0.15) is 13.2 Å². The standard InChI is InChI=1S/C11H12N2O2.C2HF3O2/c1-7-2-3-9-8(4-7)11(5-12-6-11)15-10(14)13-9;3-2(4,5)1(6)7/h2-4,12H,5-6H2,1H3,(H,13,14);(H,6,7). The number of rotatable bonds is 0. The molecule has 1 spiro atoms. The van der Waals surface area contributed by atoms with Gasteiger partial charge in [-0.15, -0.1) is 0 Å². The smallest absolute Gasteiger partial charge is 0.475 e. The maximum absolute atomic E-state index is 11.4. The molecule has 0 saturated carbocycles. The summed E-state index contributed by atoms with van der Waals surface area (Å²) in [6.45, 7) is 3.45. The molecule has 1 amide bonds. The Morgan fingerprint density at radius 1 is 1.36 bits per heavy atom. The Bertz CT molecular complexity index is 612. The Morgan fingerprint density at radius 3 is 2.41 bits per heavy atom. The van der Waals surface area contributed by atoms with Crippen LogP contribution in [0.25, 0.3) is 0 Å². The number of alkyl halides is 3. The van der Waals surface area contributed by atoms with Crippen LogP contribution in [0.2, 0.25) is 0 Å². The van der Waals surface area contributed by atoms with Gasteiger partial charge >= 0.3 is 18.2 Å². The van der Waals surface area contributed by atoms with Crippen LogP contribution in [-0.2, 0) is 15.1 Å². The first-order valence-electron chi connectivity index (χ1n) is 6.26. The highest BCUT2D eigenvalue weighted by Gasteiger charge is 2.47. The third-order valence-corrected chi connectivity index (χ3v) is 3.25. The maximum atomic E-state index is 11.4. The zero-order valence-electron chi connectivity index (χ0n) is 11.5. The normalized spacial score (nSPS) is 18.1. The maximum Gasteiger partial charge on any atom is 0.490 e. The van der Waals surface area contributed by atoms with Crippen molar-refractivity contribution in [1.29, 1.82) is 0 Å². The molecule has 0 atom stereocenters. The summed E-state index contributed by atoms with van der Waals surface area (Å²) >= 11 is 0. The van der Waals surface area contributed by atoms with E-state index in [2.05, 4.69) is 16.7 Å². The number of carbonyl (C=O) groups excluding carboxylic acids is 1. The van der Waals surface area contributed by atoms with Crippen LogP contribution in [0.1, 0.15) is 11.1 Å². The van der Waals surface area contributed by atoms with Crippen molar-refractivity contribution in [2.24, 2.45) is 0 Å². The number of aliphatic carboxylic acids is 1. The first-order valence-corrected chi connectivity index (χ1v) is 6.26. The minimum absolute atomic E-state index is 0.354. The molecular weight excluding hydrogens is 305 g/mol. The Kier molecular flexibility index (Phi) is 4.01. The number of ether oxygens (including phenoxy) is 1. The Morgan fingerprint density at radius 2 is 1.95 bits per heavy atom. The lowest BCUT2D eigenvalue weighted by atomic mass is 9.85. The highest BCUT2D eigenvalue weighted by Crippen LogP contribution is 2.39. The fourth-order valence-electron chi connectivity index (χ4n) is 2.13. The number of carboxylic acid groups (broad SMARTS) is 1. The zero-order chi connectivity index (χ0) is 16.5. The number of amides is 1. The van der Waals surface area contributed by atoms with E-state index in [1.165, 1.54) is 5.56 Å². The fourth-order valence-corrected chi connectivity index (χ4v) is 2.13. The van der Waals surface area contributed by atoms with Gasteiger partial charge in [-0.05, 0) is 19.1 Å². The minimum atomic E-state index is -5.08. The molecule has 0 aromatic heterocycles. The summed E-state index contributed by atoms with van der Waals surface area (Å²) in [6, 6.07) is 6.00. The third kappa shape index (κ3) is 3.14. The Balaban J connectivity index is 0.000000217. The molecule has 0 aliphatic carbocycles. The number of hydrogen-bond donors (Lipinski definition) is 3. The van der Waals surface area contributed by atoms with Crippen molar-refractivity contribution in [2.75, 3.05) is 18.4 Å². The molecule has 3 rings (SSSR count).